The molecule has 3 heterocycles. The number of phosphoric acid groups is 1. The topological polar surface area (TPSA) is 252 Å². The molecule has 3 aromatic rings. The number of fused-ring (bicyclic) bond motifs is 2. The fourth-order valence-corrected chi connectivity index (χ4v) is 8.36. The van der Waals surface area contributed by atoms with Crippen LogP contribution in [0.25, 0.3) is 33.4 Å². The summed E-state index contributed by atoms with van der Waals surface area (Å²) in [5, 5.41) is 33.0. The van der Waals surface area contributed by atoms with Gasteiger partial charge in [0.1, 0.15) is 35.2 Å². The quantitative estimate of drug-likeness (QED) is 0.0374. The van der Waals surface area contributed by atoms with Crippen LogP contribution < -0.4 is 22.2 Å². The molecule has 17 nitrogen and oxygen atoms in total. The molecule has 1 fully saturated rings. The van der Waals surface area contributed by atoms with Crippen molar-refractivity contribution in [2.45, 2.75) is 50.5 Å². The summed E-state index contributed by atoms with van der Waals surface area (Å²) >= 11 is 25.8. The molecular weight excluding hydrogens is 881 g/mol. The molecule has 2 aliphatic heterocycles. The molecule has 0 bridgehead atoms. The van der Waals surface area contributed by atoms with E-state index < -0.39 is 54.8 Å². The molecule has 0 saturated carbocycles. The lowest BCUT2D eigenvalue weighted by molar-refractivity contribution is -0.0473. The summed E-state index contributed by atoms with van der Waals surface area (Å²) in [5.41, 5.74) is 3.75. The molecule has 314 valence electrons. The maximum atomic E-state index is 13.5. The molecule has 1 amide bonds. The van der Waals surface area contributed by atoms with Crippen molar-refractivity contribution in [2.24, 2.45) is 0 Å². The molecular formula is C37H35Cl4N4O13P. The van der Waals surface area contributed by atoms with Gasteiger partial charge in [0.05, 0.1) is 50.5 Å². The Balaban J connectivity index is 1.06. The van der Waals surface area contributed by atoms with E-state index in [0.29, 0.717) is 25.7 Å². The minimum Gasteiger partial charge on any atom is -0.506 e. The molecule has 0 spiro atoms. The Morgan fingerprint density at radius 2 is 1.76 bits per heavy atom. The lowest BCUT2D eigenvalue weighted by Gasteiger charge is -2.20. The second-order valence-corrected chi connectivity index (χ2v) is 16.6. The molecule has 4 atom stereocenters. The Hall–Kier alpha value is -4.26. The van der Waals surface area contributed by atoms with Crippen molar-refractivity contribution < 1.29 is 52.2 Å². The minimum absolute atomic E-state index is 0.00418. The van der Waals surface area contributed by atoms with Gasteiger partial charge in [0.2, 0.25) is 5.43 Å². The van der Waals surface area contributed by atoms with Crippen LogP contribution in [0.1, 0.15) is 59.0 Å². The predicted octanol–water partition coefficient (Wildman–Crippen LogP) is 7.15. The Morgan fingerprint density at radius 3 is 2.47 bits per heavy atom. The van der Waals surface area contributed by atoms with Gasteiger partial charge in [-0.05, 0) is 37.1 Å². The highest BCUT2D eigenvalue weighted by molar-refractivity contribution is 7.48. The van der Waals surface area contributed by atoms with E-state index in [2.05, 4.69) is 10.3 Å². The molecule has 0 radical (unpaired) electrons. The maximum Gasteiger partial charge on any atom is 0.474 e. The second kappa shape index (κ2) is 18.6. The summed E-state index contributed by atoms with van der Waals surface area (Å²) < 4.78 is 41.6. The monoisotopic (exact) mass is 914 g/mol. The smallest absolute Gasteiger partial charge is 0.474 e. The average molecular weight is 916 g/mol. The minimum atomic E-state index is -4.03. The number of carboxylic acid groups (broad SMARTS) is 1. The summed E-state index contributed by atoms with van der Waals surface area (Å²) in [6.45, 7) is -0.172. The van der Waals surface area contributed by atoms with Gasteiger partial charge < -0.3 is 35.5 Å². The van der Waals surface area contributed by atoms with Crippen LogP contribution in [0.5, 0.6) is 5.75 Å². The van der Waals surface area contributed by atoms with Crippen molar-refractivity contribution in [3.8, 4) is 28.2 Å². The number of phosphoric ester groups is 1. The van der Waals surface area contributed by atoms with Crippen LogP contribution in [-0.2, 0) is 22.9 Å². The Kier molecular flexibility index (Phi) is 13.9. The zero-order valence-corrected chi connectivity index (χ0v) is 34.7. The maximum absolute atomic E-state index is 13.5. The van der Waals surface area contributed by atoms with Gasteiger partial charge in [0.15, 0.2) is 0 Å². The number of phenolic OH excluding ortho intramolecular Hbond substituents is 1. The van der Waals surface area contributed by atoms with Crippen LogP contribution in [0, 0.1) is 0 Å². The van der Waals surface area contributed by atoms with Gasteiger partial charge in [-0.3, -0.25) is 27.7 Å². The number of aromatic nitrogens is 2. The number of aliphatic hydroxyl groups excluding tert-OH is 1. The Morgan fingerprint density at radius 1 is 1.02 bits per heavy atom. The molecule has 1 aromatic heterocycles. The molecule has 1 aliphatic carbocycles. The number of nitrogen functional groups attached to an aromatic ring is 1. The Labute approximate surface area is 354 Å². The Bertz CT molecular complexity index is 2570. The number of hydrogen-bond donors (Lipinski definition) is 5. The number of nitrogens with two attached hydrogens (primary N) is 1. The summed E-state index contributed by atoms with van der Waals surface area (Å²) in [5.74, 6) is -2.48. The van der Waals surface area contributed by atoms with Crippen molar-refractivity contribution >= 4 is 82.9 Å². The zero-order chi connectivity index (χ0) is 42.8. The summed E-state index contributed by atoms with van der Waals surface area (Å²) in [6, 6.07) is 7.42. The van der Waals surface area contributed by atoms with Gasteiger partial charge in [-0.1, -0.05) is 59.2 Å². The van der Waals surface area contributed by atoms with Crippen LogP contribution in [0.3, 0.4) is 0 Å². The molecule has 2 aromatic carbocycles. The third-order valence-corrected chi connectivity index (χ3v) is 12.1. The molecule has 6 rings (SSSR count). The summed E-state index contributed by atoms with van der Waals surface area (Å²) in [6.07, 6.45) is 0.760. The number of carbonyl (C=O) groups excluding carboxylic acids is 1. The van der Waals surface area contributed by atoms with Crippen molar-refractivity contribution in [1.82, 2.24) is 14.9 Å². The van der Waals surface area contributed by atoms with E-state index in [0.717, 1.165) is 19.2 Å². The molecule has 59 heavy (non-hydrogen) atoms. The van der Waals surface area contributed by atoms with Crippen LogP contribution in [0.4, 0.5) is 5.82 Å². The van der Waals surface area contributed by atoms with Crippen LogP contribution in [0.15, 0.2) is 56.6 Å². The molecule has 1 saturated heterocycles. The zero-order valence-electron chi connectivity index (χ0n) is 30.8. The number of carboxylic acids is 1. The first-order valence-electron chi connectivity index (χ1n) is 17.8. The first-order chi connectivity index (χ1) is 28.0. The van der Waals surface area contributed by atoms with Crippen LogP contribution >= 0.6 is 54.2 Å². The molecule has 1 unspecified atom stereocenters. The van der Waals surface area contributed by atoms with Crippen LogP contribution in [0.2, 0.25) is 20.1 Å². The number of aliphatic hydroxyl groups is 1. The van der Waals surface area contributed by atoms with Gasteiger partial charge in [0.25, 0.3) is 5.91 Å². The van der Waals surface area contributed by atoms with E-state index >= 15 is 0 Å². The summed E-state index contributed by atoms with van der Waals surface area (Å²) in [7, 11) is -2.88. The van der Waals surface area contributed by atoms with Gasteiger partial charge >= 0.3 is 19.5 Å². The van der Waals surface area contributed by atoms with Crippen molar-refractivity contribution in [1.29, 1.82) is 0 Å². The van der Waals surface area contributed by atoms with E-state index in [1.54, 1.807) is 0 Å². The molecule has 3 aliphatic rings. The molecule has 6 N–H and O–H groups in total. The predicted molar refractivity (Wildman–Crippen MR) is 218 cm³/mol. The van der Waals surface area contributed by atoms with E-state index in [1.807, 2.05) is 0 Å². The van der Waals surface area contributed by atoms with Crippen molar-refractivity contribution in [3.05, 3.63) is 94.5 Å². The van der Waals surface area contributed by atoms with E-state index in [9.17, 15) is 39.1 Å². The summed E-state index contributed by atoms with van der Waals surface area (Å²) in [4.78, 5) is 54.4. The number of nitrogens with one attached hydrogen (secondary N) is 1. The normalized spacial score (nSPS) is 17.7. The van der Waals surface area contributed by atoms with Crippen LogP contribution in [-0.4, -0.2) is 75.8 Å². The number of anilines is 1. The number of amides is 1. The standard InChI is InChI=1S/C37H35Cl4N4O13P/c1-54-59(53,56-16-28-25(48)15-30(58-28)45-8-6-29(42)44-37(45)52)55-9-5-3-2-4-7-43-35(49)19-12-22(40)32(36(50)51)33(34(19)41)31-17-10-20(38)23(46)13-26(17)57-27-14-24(47)21(39)11-18(27)31/h6,8,10-14,25,28,30,46,48H,2-5,7,9,15-16H2,1H3,(H,43,49)(H,50,51)(H2,42,44,52)/t25-,28-,30-,59?/m1/s1. The van der Waals surface area contributed by atoms with E-state index in [-0.39, 0.29) is 96.8 Å². The SMILES string of the molecule is COP(=O)(OCCCCCCNC(=O)c1cc(Cl)c(C(=O)O)c(-c2c3cc(Cl)c(=O)cc-3oc3cc(O)c(Cl)cc23)c1Cl)OC[C@H]1O[C@@H](n2ccc(N)nc2=O)C[C@H]1O. The largest absolute Gasteiger partial charge is 0.506 e. The third-order valence-electron chi connectivity index (χ3n) is 9.36. The number of halogens is 4. The lowest BCUT2D eigenvalue weighted by Crippen LogP contribution is -2.28. The van der Waals surface area contributed by atoms with E-state index in [1.165, 1.54) is 35.0 Å². The highest BCUT2D eigenvalue weighted by atomic mass is 35.5. The van der Waals surface area contributed by atoms with Crippen molar-refractivity contribution in [3.63, 3.8) is 0 Å². The van der Waals surface area contributed by atoms with Gasteiger partial charge in [-0.25, -0.2) is 14.2 Å². The number of hydrogen-bond acceptors (Lipinski definition) is 14. The highest BCUT2D eigenvalue weighted by Gasteiger charge is 2.38. The number of phenols is 1. The van der Waals surface area contributed by atoms with Gasteiger partial charge in [0, 0.05) is 60.5 Å². The lowest BCUT2D eigenvalue weighted by atomic mass is 9.89. The second-order valence-electron chi connectivity index (χ2n) is 13.2. The van der Waals surface area contributed by atoms with Crippen molar-refractivity contribution in [2.75, 3.05) is 32.6 Å². The number of benzene rings is 3. The fraction of sp³-hybridized carbons (Fsp3) is 0.324. The number of ether oxygens (including phenoxy) is 1. The average Bonchev–Trinajstić information content (AvgIpc) is 3.55. The fourth-order valence-electron chi connectivity index (χ4n) is 6.45. The first-order valence-corrected chi connectivity index (χ1v) is 20.7. The number of nitrogens with zero attached hydrogens (tertiary/aromatic N) is 2. The van der Waals surface area contributed by atoms with E-state index in [4.69, 9.17) is 74.9 Å². The number of aromatic carboxylic acids is 1. The van der Waals surface area contributed by atoms with Gasteiger partial charge in [-0.2, -0.15) is 4.98 Å². The number of aromatic hydroxyl groups is 1. The third kappa shape index (κ3) is 9.71. The molecule has 22 heteroatoms. The number of rotatable bonds is 16. The van der Waals surface area contributed by atoms with Gasteiger partial charge in [-0.15, -0.1) is 0 Å². The highest BCUT2D eigenvalue weighted by Crippen LogP contribution is 2.50. The first kappa shape index (κ1) is 44.3. The number of carbonyl (C=O) groups is 2. The number of unbranched alkanes of at least 4 members (excludes halogenated alkanes) is 3.